The Balaban J connectivity index is 2.29. The van der Waals surface area contributed by atoms with Gasteiger partial charge in [-0.3, -0.25) is 0 Å². The minimum Gasteiger partial charge on any atom is -0.369 e. The Morgan fingerprint density at radius 2 is 1.94 bits per heavy atom. The van der Waals surface area contributed by atoms with Crippen LogP contribution in [0.3, 0.4) is 0 Å². The number of benzene rings is 1. The topological polar surface area (TPSA) is 35.8 Å². The number of aryl methyl sites for hydroxylation is 1. The van der Waals surface area contributed by atoms with Gasteiger partial charge < -0.3 is 5.11 Å². The quantitative estimate of drug-likeness (QED) is 0.776. The summed E-state index contributed by atoms with van der Waals surface area (Å²) in [5.41, 5.74) is 1.98. The van der Waals surface area contributed by atoms with Crippen LogP contribution >= 0.6 is 12.2 Å². The SMILES string of the molecule is CC1=NN(C(=S)c2ccc(C)cc2)[C@@](C)(O)C1. The van der Waals surface area contributed by atoms with Crippen molar-refractivity contribution < 1.29 is 5.11 Å². The molecule has 1 aromatic carbocycles. The average molecular weight is 248 g/mol. The van der Waals surface area contributed by atoms with Crippen molar-refractivity contribution in [1.82, 2.24) is 5.01 Å². The zero-order valence-electron chi connectivity index (χ0n) is 10.3. The monoisotopic (exact) mass is 248 g/mol. The summed E-state index contributed by atoms with van der Waals surface area (Å²) in [6.45, 7) is 5.65. The van der Waals surface area contributed by atoms with Crippen molar-refractivity contribution in [2.45, 2.75) is 32.9 Å². The van der Waals surface area contributed by atoms with E-state index >= 15 is 0 Å². The van der Waals surface area contributed by atoms with Crippen LogP contribution in [0.15, 0.2) is 29.4 Å². The Bertz CT molecular complexity index is 477. The van der Waals surface area contributed by atoms with E-state index in [1.807, 2.05) is 38.1 Å². The highest BCUT2D eigenvalue weighted by atomic mass is 32.1. The molecule has 0 bridgehead atoms. The number of nitrogens with zero attached hydrogens (tertiary/aromatic N) is 2. The zero-order valence-corrected chi connectivity index (χ0v) is 11.1. The molecule has 0 amide bonds. The number of hydrogen-bond donors (Lipinski definition) is 1. The van der Waals surface area contributed by atoms with Crippen molar-refractivity contribution in [1.29, 1.82) is 0 Å². The molecular formula is C13H16N2OS. The normalized spacial score (nSPS) is 23.8. The summed E-state index contributed by atoms with van der Waals surface area (Å²) < 4.78 is 0. The third kappa shape index (κ3) is 2.37. The van der Waals surface area contributed by atoms with Crippen molar-refractivity contribution in [3.63, 3.8) is 0 Å². The maximum atomic E-state index is 10.2. The zero-order chi connectivity index (χ0) is 12.6. The van der Waals surface area contributed by atoms with Gasteiger partial charge in [0.05, 0.1) is 0 Å². The lowest BCUT2D eigenvalue weighted by molar-refractivity contribution is -0.0311. The van der Waals surface area contributed by atoms with E-state index in [9.17, 15) is 5.11 Å². The number of thiocarbonyl (C=S) groups is 1. The van der Waals surface area contributed by atoms with Crippen LogP contribution in [0.2, 0.25) is 0 Å². The van der Waals surface area contributed by atoms with Gasteiger partial charge in [-0.15, -0.1) is 0 Å². The molecular weight excluding hydrogens is 232 g/mol. The maximum Gasteiger partial charge on any atom is 0.161 e. The van der Waals surface area contributed by atoms with E-state index in [0.717, 1.165) is 11.3 Å². The lowest BCUT2D eigenvalue weighted by atomic mass is 10.1. The lowest BCUT2D eigenvalue weighted by Gasteiger charge is -2.29. The maximum absolute atomic E-state index is 10.2. The highest BCUT2D eigenvalue weighted by Gasteiger charge is 2.37. The van der Waals surface area contributed by atoms with Gasteiger partial charge in [-0.25, -0.2) is 5.01 Å². The Hall–Kier alpha value is -1.26. The molecule has 1 aliphatic heterocycles. The van der Waals surface area contributed by atoms with Crippen LogP contribution in [0.5, 0.6) is 0 Å². The molecule has 90 valence electrons. The van der Waals surface area contributed by atoms with Crippen molar-refractivity contribution in [2.24, 2.45) is 5.10 Å². The number of aliphatic hydroxyl groups is 1. The summed E-state index contributed by atoms with van der Waals surface area (Å²) in [5.74, 6) is 0. The number of hydrazone groups is 1. The van der Waals surface area contributed by atoms with Gasteiger partial charge in [0.1, 0.15) is 4.99 Å². The molecule has 1 aliphatic rings. The molecule has 0 saturated carbocycles. The summed E-state index contributed by atoms with van der Waals surface area (Å²) in [6.07, 6.45) is 0.527. The lowest BCUT2D eigenvalue weighted by Crippen LogP contribution is -2.42. The van der Waals surface area contributed by atoms with Crippen molar-refractivity contribution in [2.75, 3.05) is 0 Å². The third-order valence-corrected chi connectivity index (χ3v) is 3.22. The highest BCUT2D eigenvalue weighted by Crippen LogP contribution is 2.27. The highest BCUT2D eigenvalue weighted by molar-refractivity contribution is 7.80. The van der Waals surface area contributed by atoms with Gasteiger partial charge in [0.25, 0.3) is 0 Å². The van der Waals surface area contributed by atoms with Crippen LogP contribution in [-0.2, 0) is 0 Å². The summed E-state index contributed by atoms with van der Waals surface area (Å²) in [4.78, 5) is 0.562. The van der Waals surface area contributed by atoms with Gasteiger partial charge in [0.2, 0.25) is 0 Å². The van der Waals surface area contributed by atoms with Crippen LogP contribution in [0, 0.1) is 6.92 Å². The molecule has 0 fully saturated rings. The number of hydrogen-bond acceptors (Lipinski definition) is 3. The standard InChI is InChI=1S/C13H16N2OS/c1-9-4-6-11(7-5-9)12(17)15-13(3,16)8-10(2)14-15/h4-7,16H,8H2,1-3H3/t13-/m0/s1. The average Bonchev–Trinajstić information content (AvgIpc) is 2.52. The molecule has 0 unspecified atom stereocenters. The van der Waals surface area contributed by atoms with Gasteiger partial charge in [-0.05, 0) is 20.8 Å². The fourth-order valence-corrected chi connectivity index (χ4v) is 2.33. The molecule has 0 aromatic heterocycles. The predicted molar refractivity (Wildman–Crippen MR) is 73.1 cm³/mol. The van der Waals surface area contributed by atoms with E-state index in [4.69, 9.17) is 12.2 Å². The first kappa shape index (κ1) is 12.2. The Morgan fingerprint density at radius 3 is 2.41 bits per heavy atom. The fraction of sp³-hybridized carbons (Fsp3) is 0.385. The van der Waals surface area contributed by atoms with Gasteiger partial charge in [-0.2, -0.15) is 5.10 Å². The molecule has 0 radical (unpaired) electrons. The molecule has 0 aliphatic carbocycles. The van der Waals surface area contributed by atoms with Gasteiger partial charge in [-0.1, -0.05) is 42.0 Å². The fourth-order valence-electron chi connectivity index (χ4n) is 1.96. The first-order chi connectivity index (χ1) is 7.90. The Morgan fingerprint density at radius 1 is 1.35 bits per heavy atom. The molecule has 4 heteroatoms. The minimum absolute atomic E-state index is 0.527. The second-order valence-electron chi connectivity index (χ2n) is 4.71. The van der Waals surface area contributed by atoms with Crippen LogP contribution in [0.4, 0.5) is 0 Å². The first-order valence-corrected chi connectivity index (χ1v) is 5.99. The molecule has 17 heavy (non-hydrogen) atoms. The molecule has 1 heterocycles. The third-order valence-electron chi connectivity index (χ3n) is 2.81. The summed E-state index contributed by atoms with van der Waals surface area (Å²) in [6, 6.07) is 7.92. The Labute approximate surface area is 107 Å². The molecule has 2 rings (SSSR count). The van der Waals surface area contributed by atoms with Crippen LogP contribution in [0.1, 0.15) is 31.4 Å². The molecule has 3 nitrogen and oxygen atoms in total. The molecule has 1 aromatic rings. The second-order valence-corrected chi connectivity index (χ2v) is 5.10. The molecule has 1 atom stereocenters. The molecule has 0 spiro atoms. The van der Waals surface area contributed by atoms with E-state index < -0.39 is 5.72 Å². The first-order valence-electron chi connectivity index (χ1n) is 5.58. The minimum atomic E-state index is -1.01. The van der Waals surface area contributed by atoms with Gasteiger partial charge in [0.15, 0.2) is 5.72 Å². The van der Waals surface area contributed by atoms with Crippen molar-refractivity contribution >= 4 is 22.9 Å². The predicted octanol–water partition coefficient (Wildman–Crippen LogP) is 2.46. The van der Waals surface area contributed by atoms with Crippen molar-refractivity contribution in [3.8, 4) is 0 Å². The van der Waals surface area contributed by atoms with Gasteiger partial charge in [0, 0.05) is 17.7 Å². The Kier molecular flexibility index (Phi) is 3.02. The van der Waals surface area contributed by atoms with E-state index in [1.165, 1.54) is 10.6 Å². The second kappa shape index (κ2) is 4.20. The molecule has 1 N–H and O–H groups in total. The van der Waals surface area contributed by atoms with Crippen LogP contribution in [0.25, 0.3) is 0 Å². The summed E-state index contributed by atoms with van der Waals surface area (Å²) in [5, 5.41) is 16.1. The van der Waals surface area contributed by atoms with E-state index in [2.05, 4.69) is 5.10 Å². The van der Waals surface area contributed by atoms with Gasteiger partial charge >= 0.3 is 0 Å². The van der Waals surface area contributed by atoms with E-state index in [-0.39, 0.29) is 0 Å². The number of rotatable bonds is 1. The summed E-state index contributed by atoms with van der Waals surface area (Å²) >= 11 is 5.38. The van der Waals surface area contributed by atoms with Crippen LogP contribution < -0.4 is 0 Å². The smallest absolute Gasteiger partial charge is 0.161 e. The summed E-state index contributed by atoms with van der Waals surface area (Å²) in [7, 11) is 0. The van der Waals surface area contributed by atoms with E-state index in [1.54, 1.807) is 6.92 Å². The largest absolute Gasteiger partial charge is 0.369 e. The van der Waals surface area contributed by atoms with Crippen LogP contribution in [-0.4, -0.2) is 26.5 Å². The molecule has 0 saturated heterocycles. The van der Waals surface area contributed by atoms with E-state index in [0.29, 0.717) is 11.4 Å². The van der Waals surface area contributed by atoms with Crippen molar-refractivity contribution in [3.05, 3.63) is 35.4 Å².